The molecule has 0 saturated heterocycles. The van der Waals surface area contributed by atoms with E-state index in [0.717, 1.165) is 10.4 Å². The quantitative estimate of drug-likeness (QED) is 0.844. The lowest BCUT2D eigenvalue weighted by molar-refractivity contribution is 0.582. The molecule has 0 aliphatic heterocycles. The van der Waals surface area contributed by atoms with E-state index in [0.29, 0.717) is 5.56 Å². The van der Waals surface area contributed by atoms with Gasteiger partial charge >= 0.3 is 0 Å². The molecule has 0 fully saturated rings. The summed E-state index contributed by atoms with van der Waals surface area (Å²) >= 11 is 1.49. The van der Waals surface area contributed by atoms with Crippen LogP contribution in [-0.2, 0) is 16.6 Å². The lowest BCUT2D eigenvalue weighted by atomic mass is 10.2. The Morgan fingerprint density at radius 1 is 1.40 bits per heavy atom. The summed E-state index contributed by atoms with van der Waals surface area (Å²) in [6.07, 6.45) is 0. The Hall–Kier alpha value is -1.88. The lowest BCUT2D eigenvalue weighted by Crippen LogP contribution is -2.24. The van der Waals surface area contributed by atoms with Crippen LogP contribution in [0.3, 0.4) is 0 Å². The second-order valence-electron chi connectivity index (χ2n) is 4.22. The van der Waals surface area contributed by atoms with Gasteiger partial charge in [0, 0.05) is 11.4 Å². The van der Waals surface area contributed by atoms with E-state index in [1.807, 2.05) is 24.4 Å². The normalized spacial score (nSPS) is 11.2. The molecule has 7 heteroatoms. The molecule has 0 saturated carbocycles. The molecule has 20 heavy (non-hydrogen) atoms. The van der Waals surface area contributed by atoms with Crippen LogP contribution < -0.4 is 10.5 Å². The van der Waals surface area contributed by atoms with Crippen molar-refractivity contribution < 1.29 is 8.42 Å². The van der Waals surface area contributed by atoms with Gasteiger partial charge in [-0.15, -0.1) is 11.3 Å². The first-order valence-electron chi connectivity index (χ1n) is 5.76. The summed E-state index contributed by atoms with van der Waals surface area (Å²) in [7, 11) is -3.69. The van der Waals surface area contributed by atoms with Gasteiger partial charge in [0.15, 0.2) is 0 Å². The van der Waals surface area contributed by atoms with E-state index < -0.39 is 10.0 Å². The fourth-order valence-corrected chi connectivity index (χ4v) is 3.73. The van der Waals surface area contributed by atoms with Gasteiger partial charge in [-0.3, -0.25) is 0 Å². The minimum Gasteiger partial charge on any atom is -0.398 e. The number of hydrogen-bond acceptors (Lipinski definition) is 5. The lowest BCUT2D eigenvalue weighted by Gasteiger charge is -2.09. The van der Waals surface area contributed by atoms with Crippen molar-refractivity contribution in [3.63, 3.8) is 0 Å². The summed E-state index contributed by atoms with van der Waals surface area (Å²) in [6.45, 7) is 2.15. The highest BCUT2D eigenvalue weighted by Gasteiger charge is 2.18. The summed E-state index contributed by atoms with van der Waals surface area (Å²) in [6, 6.07) is 7.98. The first-order valence-corrected chi connectivity index (χ1v) is 8.12. The SMILES string of the molecule is Cc1ccsc1CNS(=O)(=O)c1ccc(C#N)cc1N. The summed E-state index contributed by atoms with van der Waals surface area (Å²) < 4.78 is 26.9. The maximum Gasteiger partial charge on any atom is 0.242 e. The Morgan fingerprint density at radius 2 is 2.15 bits per heavy atom. The first-order chi connectivity index (χ1) is 9.44. The number of nitriles is 1. The molecule has 3 N–H and O–H groups in total. The molecule has 1 aromatic heterocycles. The van der Waals surface area contributed by atoms with Crippen molar-refractivity contribution in [2.45, 2.75) is 18.4 Å². The number of thiophene rings is 1. The Labute approximate surface area is 121 Å². The van der Waals surface area contributed by atoms with Gasteiger partial charge in [0.25, 0.3) is 0 Å². The van der Waals surface area contributed by atoms with Gasteiger partial charge in [-0.2, -0.15) is 5.26 Å². The number of rotatable bonds is 4. The summed E-state index contributed by atoms with van der Waals surface area (Å²) in [5, 5.41) is 10.7. The molecule has 1 aromatic carbocycles. The number of nitrogens with two attached hydrogens (primary N) is 1. The predicted molar refractivity (Wildman–Crippen MR) is 78.7 cm³/mol. The van der Waals surface area contributed by atoms with Crippen molar-refractivity contribution in [2.75, 3.05) is 5.73 Å². The van der Waals surface area contributed by atoms with Crippen LogP contribution in [0.2, 0.25) is 0 Å². The highest BCUT2D eigenvalue weighted by molar-refractivity contribution is 7.89. The molecule has 2 rings (SSSR count). The Kier molecular flexibility index (Phi) is 4.09. The number of hydrogen-bond donors (Lipinski definition) is 2. The van der Waals surface area contributed by atoms with Crippen LogP contribution in [0.4, 0.5) is 5.69 Å². The highest BCUT2D eigenvalue weighted by atomic mass is 32.2. The second kappa shape index (κ2) is 5.63. The van der Waals surface area contributed by atoms with Crippen molar-refractivity contribution in [1.29, 1.82) is 5.26 Å². The zero-order chi connectivity index (χ0) is 14.8. The molecule has 0 radical (unpaired) electrons. The molecule has 0 amide bonds. The Morgan fingerprint density at radius 3 is 2.70 bits per heavy atom. The molecule has 1 heterocycles. The average Bonchev–Trinajstić information content (AvgIpc) is 2.81. The van der Waals surface area contributed by atoms with Crippen molar-refractivity contribution in [1.82, 2.24) is 4.72 Å². The third kappa shape index (κ3) is 2.99. The van der Waals surface area contributed by atoms with Crippen LogP contribution in [0.5, 0.6) is 0 Å². The van der Waals surface area contributed by atoms with Gasteiger partial charge in [0.2, 0.25) is 10.0 Å². The molecule has 0 aliphatic carbocycles. The van der Waals surface area contributed by atoms with Crippen LogP contribution in [0, 0.1) is 18.3 Å². The maximum atomic E-state index is 12.2. The number of sulfonamides is 1. The van der Waals surface area contributed by atoms with Crippen LogP contribution in [0.25, 0.3) is 0 Å². The zero-order valence-corrected chi connectivity index (χ0v) is 12.4. The highest BCUT2D eigenvalue weighted by Crippen LogP contribution is 2.21. The van der Waals surface area contributed by atoms with E-state index in [4.69, 9.17) is 11.0 Å². The number of nitrogen functional groups attached to an aromatic ring is 1. The van der Waals surface area contributed by atoms with Gasteiger partial charge < -0.3 is 5.73 Å². The zero-order valence-electron chi connectivity index (χ0n) is 10.8. The van der Waals surface area contributed by atoms with E-state index in [1.54, 1.807) is 0 Å². The van der Waals surface area contributed by atoms with Gasteiger partial charge in [-0.25, -0.2) is 13.1 Å². The van der Waals surface area contributed by atoms with Gasteiger partial charge in [-0.1, -0.05) is 0 Å². The minimum atomic E-state index is -3.69. The van der Waals surface area contributed by atoms with E-state index in [9.17, 15) is 8.42 Å². The smallest absolute Gasteiger partial charge is 0.242 e. The molecular formula is C13H13N3O2S2. The molecule has 104 valence electrons. The van der Waals surface area contributed by atoms with Crippen LogP contribution >= 0.6 is 11.3 Å². The molecule has 0 unspecified atom stereocenters. The molecule has 0 bridgehead atoms. The van der Waals surface area contributed by atoms with Crippen molar-refractivity contribution in [2.24, 2.45) is 0 Å². The molecule has 2 aromatic rings. The van der Waals surface area contributed by atoms with Crippen LogP contribution in [0.15, 0.2) is 34.5 Å². The largest absolute Gasteiger partial charge is 0.398 e. The summed E-state index contributed by atoms with van der Waals surface area (Å²) in [4.78, 5) is 0.950. The van der Waals surface area contributed by atoms with E-state index >= 15 is 0 Å². The number of nitrogens with one attached hydrogen (secondary N) is 1. The van der Waals surface area contributed by atoms with Gasteiger partial charge in [0.05, 0.1) is 17.3 Å². The molecule has 0 aliphatic rings. The molecule has 0 atom stereocenters. The van der Waals surface area contributed by atoms with Crippen LogP contribution in [0.1, 0.15) is 16.0 Å². The average molecular weight is 307 g/mol. The van der Waals surface area contributed by atoms with E-state index in [2.05, 4.69) is 4.72 Å². The first kappa shape index (κ1) is 14.5. The number of aryl methyl sites for hydroxylation is 1. The third-order valence-corrected chi connectivity index (χ3v) is 5.32. The van der Waals surface area contributed by atoms with Crippen LogP contribution in [-0.4, -0.2) is 8.42 Å². The number of anilines is 1. The van der Waals surface area contributed by atoms with Crippen molar-refractivity contribution in [3.8, 4) is 6.07 Å². The summed E-state index contributed by atoms with van der Waals surface area (Å²) in [5.74, 6) is 0. The maximum absolute atomic E-state index is 12.2. The fraction of sp³-hybridized carbons (Fsp3) is 0.154. The van der Waals surface area contributed by atoms with Gasteiger partial charge in [0.1, 0.15) is 4.90 Å². The standard InChI is InChI=1S/C13H13N3O2S2/c1-9-4-5-19-12(9)8-16-20(17,18)13-3-2-10(7-14)6-11(13)15/h2-6,16H,8,15H2,1H3. The minimum absolute atomic E-state index is 0.00860. The summed E-state index contributed by atoms with van der Waals surface area (Å²) in [5.41, 5.74) is 7.14. The van der Waals surface area contributed by atoms with Gasteiger partial charge in [-0.05, 0) is 42.1 Å². The number of benzene rings is 1. The topological polar surface area (TPSA) is 96.0 Å². The second-order valence-corrected chi connectivity index (χ2v) is 6.95. The molecular weight excluding hydrogens is 294 g/mol. The predicted octanol–water partition coefficient (Wildman–Crippen LogP) is 1.99. The van der Waals surface area contributed by atoms with Crippen molar-refractivity contribution >= 4 is 27.0 Å². The van der Waals surface area contributed by atoms with E-state index in [-0.39, 0.29) is 17.1 Å². The third-order valence-electron chi connectivity index (χ3n) is 2.82. The number of nitrogens with zero attached hydrogens (tertiary/aromatic N) is 1. The van der Waals surface area contributed by atoms with Crippen molar-refractivity contribution in [3.05, 3.63) is 45.6 Å². The molecule has 5 nitrogen and oxygen atoms in total. The van der Waals surface area contributed by atoms with E-state index in [1.165, 1.54) is 29.5 Å². The Balaban J connectivity index is 2.23. The fourth-order valence-electron chi connectivity index (χ4n) is 1.69. The monoisotopic (exact) mass is 307 g/mol. The molecule has 0 spiro atoms. The Bertz CT molecular complexity index is 773.